The molecule has 3 aromatic rings. The lowest BCUT2D eigenvalue weighted by Gasteiger charge is -2.13. The Morgan fingerprint density at radius 1 is 1.00 bits per heavy atom. The number of ether oxygens (including phenoxy) is 3. The lowest BCUT2D eigenvalue weighted by atomic mass is 10.1. The fourth-order valence-corrected chi connectivity index (χ4v) is 3.79. The van der Waals surface area contributed by atoms with Gasteiger partial charge in [-0.25, -0.2) is 4.79 Å². The van der Waals surface area contributed by atoms with Gasteiger partial charge in [0.05, 0.1) is 26.5 Å². The molecule has 0 bridgehead atoms. The zero-order valence-corrected chi connectivity index (χ0v) is 20.4. The van der Waals surface area contributed by atoms with E-state index >= 15 is 0 Å². The quantitative estimate of drug-likeness (QED) is 0.408. The van der Waals surface area contributed by atoms with Gasteiger partial charge in [-0.1, -0.05) is 50.2 Å². The van der Waals surface area contributed by atoms with Gasteiger partial charge in [0, 0.05) is 24.7 Å². The summed E-state index contributed by atoms with van der Waals surface area (Å²) in [5.74, 6) is 0.644. The van der Waals surface area contributed by atoms with Crippen LogP contribution in [0.5, 0.6) is 11.5 Å². The number of carbonyl (C=O) groups excluding carboxylic acids is 2. The average molecular weight is 465 g/mol. The van der Waals surface area contributed by atoms with Crippen molar-refractivity contribution in [2.45, 2.75) is 33.7 Å². The summed E-state index contributed by atoms with van der Waals surface area (Å²) in [4.78, 5) is 25.9. The molecule has 1 heterocycles. The molecule has 34 heavy (non-hydrogen) atoms. The summed E-state index contributed by atoms with van der Waals surface area (Å²) in [7, 11) is 3.14. The fraction of sp³-hybridized carbons (Fsp3) is 0.333. The molecule has 0 radical (unpaired) electrons. The Hall–Kier alpha value is -3.74. The molecule has 1 amide bonds. The van der Waals surface area contributed by atoms with E-state index in [2.05, 4.69) is 5.32 Å². The van der Waals surface area contributed by atoms with E-state index in [9.17, 15) is 9.59 Å². The summed E-state index contributed by atoms with van der Waals surface area (Å²) >= 11 is 0. The molecule has 1 aromatic heterocycles. The molecule has 2 aromatic carbocycles. The SMILES string of the molecule is CCOC(=O)c1c(NC(=O)CC(C)C)c(-c2ccc(OC)c(OC)c2)cn1Cc1ccccc1. The summed E-state index contributed by atoms with van der Waals surface area (Å²) in [5, 5.41) is 2.99. The smallest absolute Gasteiger partial charge is 0.357 e. The minimum Gasteiger partial charge on any atom is -0.493 e. The number of hydrogen-bond acceptors (Lipinski definition) is 5. The van der Waals surface area contributed by atoms with Gasteiger partial charge in [-0.15, -0.1) is 0 Å². The molecular formula is C27H32N2O5. The summed E-state index contributed by atoms with van der Waals surface area (Å²) < 4.78 is 18.1. The average Bonchev–Trinajstić information content (AvgIpc) is 3.16. The van der Waals surface area contributed by atoms with E-state index in [1.807, 2.05) is 67.1 Å². The van der Waals surface area contributed by atoms with Crippen molar-refractivity contribution in [2.75, 3.05) is 26.1 Å². The minimum absolute atomic E-state index is 0.167. The molecule has 0 spiro atoms. The van der Waals surface area contributed by atoms with E-state index < -0.39 is 5.97 Å². The summed E-state index contributed by atoms with van der Waals surface area (Å²) in [6, 6.07) is 15.3. The molecule has 0 atom stereocenters. The molecule has 0 aliphatic heterocycles. The standard InChI is InChI=1S/C27H32N2O5/c1-6-34-27(31)26-25(28-24(30)14-18(2)3)21(17-29(26)16-19-10-8-7-9-11-19)20-12-13-22(32-4)23(15-20)33-5/h7-13,15,17-18H,6,14,16H2,1-5H3,(H,28,30). The monoisotopic (exact) mass is 464 g/mol. The van der Waals surface area contributed by atoms with Crippen molar-refractivity contribution in [3.8, 4) is 22.6 Å². The lowest BCUT2D eigenvalue weighted by molar-refractivity contribution is -0.116. The molecule has 3 rings (SSSR count). The van der Waals surface area contributed by atoms with Crippen LogP contribution in [0.1, 0.15) is 43.2 Å². The van der Waals surface area contributed by atoms with Crippen LogP contribution in [0.4, 0.5) is 5.69 Å². The van der Waals surface area contributed by atoms with E-state index in [1.54, 1.807) is 27.2 Å². The second-order valence-corrected chi connectivity index (χ2v) is 8.32. The van der Waals surface area contributed by atoms with Crippen LogP contribution < -0.4 is 14.8 Å². The molecule has 1 N–H and O–H groups in total. The van der Waals surface area contributed by atoms with Gasteiger partial charge in [-0.05, 0) is 36.1 Å². The Balaban J connectivity index is 2.20. The molecular weight excluding hydrogens is 432 g/mol. The Labute approximate surface area is 200 Å². The Morgan fingerprint density at radius 3 is 2.32 bits per heavy atom. The van der Waals surface area contributed by atoms with Crippen molar-refractivity contribution in [1.29, 1.82) is 0 Å². The number of anilines is 1. The lowest BCUT2D eigenvalue weighted by Crippen LogP contribution is -2.19. The molecule has 0 unspecified atom stereocenters. The minimum atomic E-state index is -0.495. The number of hydrogen-bond donors (Lipinski definition) is 1. The third-order valence-electron chi connectivity index (χ3n) is 5.30. The van der Waals surface area contributed by atoms with Crippen LogP contribution in [0.2, 0.25) is 0 Å². The molecule has 0 fully saturated rings. The largest absolute Gasteiger partial charge is 0.493 e. The first kappa shape index (κ1) is 24.9. The number of aromatic nitrogens is 1. The van der Waals surface area contributed by atoms with Gasteiger partial charge in [0.1, 0.15) is 0 Å². The van der Waals surface area contributed by atoms with E-state index in [4.69, 9.17) is 14.2 Å². The van der Waals surface area contributed by atoms with Crippen molar-refractivity contribution in [3.63, 3.8) is 0 Å². The summed E-state index contributed by atoms with van der Waals surface area (Å²) in [5.41, 5.74) is 3.20. The zero-order chi connectivity index (χ0) is 24.7. The Kier molecular flexibility index (Phi) is 8.35. The van der Waals surface area contributed by atoms with Crippen LogP contribution in [-0.2, 0) is 16.1 Å². The molecule has 0 aliphatic rings. The maximum Gasteiger partial charge on any atom is 0.357 e. The van der Waals surface area contributed by atoms with E-state index in [-0.39, 0.29) is 18.4 Å². The number of carbonyl (C=O) groups is 2. The van der Waals surface area contributed by atoms with Crippen molar-refractivity contribution in [1.82, 2.24) is 4.57 Å². The molecule has 180 valence electrons. The Morgan fingerprint density at radius 2 is 1.71 bits per heavy atom. The van der Waals surface area contributed by atoms with E-state index in [0.717, 1.165) is 11.1 Å². The first-order valence-corrected chi connectivity index (χ1v) is 11.3. The number of methoxy groups -OCH3 is 2. The van der Waals surface area contributed by atoms with E-state index in [1.165, 1.54) is 0 Å². The number of amides is 1. The van der Waals surface area contributed by atoms with Crippen LogP contribution in [0, 0.1) is 5.92 Å². The maximum atomic E-state index is 13.1. The second kappa shape index (κ2) is 11.4. The van der Waals surface area contributed by atoms with Gasteiger partial charge < -0.3 is 24.1 Å². The first-order valence-electron chi connectivity index (χ1n) is 11.3. The highest BCUT2D eigenvalue weighted by molar-refractivity contribution is 6.05. The van der Waals surface area contributed by atoms with Gasteiger partial charge in [-0.2, -0.15) is 0 Å². The normalized spacial score (nSPS) is 10.8. The van der Waals surface area contributed by atoms with Gasteiger partial charge in [0.2, 0.25) is 5.91 Å². The fourth-order valence-electron chi connectivity index (χ4n) is 3.79. The van der Waals surface area contributed by atoms with Gasteiger partial charge >= 0.3 is 5.97 Å². The summed E-state index contributed by atoms with van der Waals surface area (Å²) in [6.45, 7) is 6.37. The number of rotatable bonds is 10. The third kappa shape index (κ3) is 5.78. The predicted octanol–water partition coefficient (Wildman–Crippen LogP) is 5.38. The summed E-state index contributed by atoms with van der Waals surface area (Å²) in [6.07, 6.45) is 2.20. The number of esters is 1. The number of benzene rings is 2. The number of nitrogens with one attached hydrogen (secondary N) is 1. The van der Waals surface area contributed by atoms with Crippen LogP contribution in [-0.4, -0.2) is 37.3 Å². The van der Waals surface area contributed by atoms with Crippen LogP contribution in [0.3, 0.4) is 0 Å². The van der Waals surface area contributed by atoms with Crippen molar-refractivity contribution in [3.05, 3.63) is 66.0 Å². The van der Waals surface area contributed by atoms with Gasteiger partial charge in [0.15, 0.2) is 17.2 Å². The second-order valence-electron chi connectivity index (χ2n) is 8.32. The van der Waals surface area contributed by atoms with Gasteiger partial charge in [-0.3, -0.25) is 4.79 Å². The van der Waals surface area contributed by atoms with Crippen molar-refractivity contribution in [2.24, 2.45) is 5.92 Å². The molecule has 7 heteroatoms. The molecule has 0 saturated heterocycles. The van der Waals surface area contributed by atoms with Crippen LogP contribution >= 0.6 is 0 Å². The van der Waals surface area contributed by atoms with Crippen molar-refractivity contribution < 1.29 is 23.8 Å². The first-order chi connectivity index (χ1) is 16.4. The highest BCUT2D eigenvalue weighted by Crippen LogP contribution is 2.39. The molecule has 0 saturated carbocycles. The van der Waals surface area contributed by atoms with Crippen molar-refractivity contribution >= 4 is 17.6 Å². The number of nitrogens with zero attached hydrogens (tertiary/aromatic N) is 1. The highest BCUT2D eigenvalue weighted by atomic mass is 16.5. The third-order valence-corrected chi connectivity index (χ3v) is 5.30. The zero-order valence-electron chi connectivity index (χ0n) is 20.4. The van der Waals surface area contributed by atoms with Gasteiger partial charge in [0.25, 0.3) is 0 Å². The van der Waals surface area contributed by atoms with E-state index in [0.29, 0.717) is 41.4 Å². The maximum absolute atomic E-state index is 13.1. The molecule has 0 aliphatic carbocycles. The predicted molar refractivity (Wildman–Crippen MR) is 133 cm³/mol. The molecule has 7 nitrogen and oxygen atoms in total. The topological polar surface area (TPSA) is 78.8 Å². The van der Waals surface area contributed by atoms with Crippen LogP contribution in [0.25, 0.3) is 11.1 Å². The highest BCUT2D eigenvalue weighted by Gasteiger charge is 2.26. The van der Waals surface area contributed by atoms with Crippen LogP contribution in [0.15, 0.2) is 54.7 Å². The Bertz CT molecular complexity index is 1140.